The summed E-state index contributed by atoms with van der Waals surface area (Å²) in [5.41, 5.74) is 0.128. The normalized spacial score (nSPS) is 24.5. The molecule has 1 amide bonds. The first-order chi connectivity index (χ1) is 21.4. The number of nitrogens with zero attached hydrogens (tertiary/aromatic N) is 3. The second kappa shape index (κ2) is 12.6. The number of nitro groups is 1. The molecule has 6 N–H and O–H groups in total. The number of phenols is 1. The van der Waals surface area contributed by atoms with E-state index in [1.54, 1.807) is 0 Å². The summed E-state index contributed by atoms with van der Waals surface area (Å²) in [5.74, 6) is -9.63. The number of hydrogen-bond donors (Lipinski definition) is 5. The number of nitro benzene ring substituents is 1. The average molecular weight is 669 g/mol. The van der Waals surface area contributed by atoms with Crippen LogP contribution in [0.15, 0.2) is 23.0 Å². The van der Waals surface area contributed by atoms with Crippen molar-refractivity contribution in [3.05, 3.63) is 44.2 Å². The number of ketones is 2. The van der Waals surface area contributed by atoms with Crippen LogP contribution in [0.5, 0.6) is 5.75 Å². The predicted molar refractivity (Wildman–Crippen MR) is 160 cm³/mol. The number of aliphatic hydroxyl groups excluding tert-OH is 2. The van der Waals surface area contributed by atoms with Gasteiger partial charge in [-0.1, -0.05) is 24.6 Å². The highest BCUT2D eigenvalue weighted by atomic mass is 32.3. The van der Waals surface area contributed by atoms with Crippen LogP contribution in [0.4, 0.5) is 11.4 Å². The van der Waals surface area contributed by atoms with E-state index in [9.17, 15) is 52.8 Å². The molecule has 4 atom stereocenters. The molecule has 1 aromatic carbocycles. The van der Waals surface area contributed by atoms with Gasteiger partial charge in [-0.25, -0.2) is 0 Å². The number of nitrogens with two attached hydrogens (primary N) is 1. The molecule has 0 aliphatic heterocycles. The second-order valence-corrected chi connectivity index (χ2v) is 12.7. The van der Waals surface area contributed by atoms with Gasteiger partial charge >= 0.3 is 16.1 Å². The Bertz CT molecular complexity index is 1670. The molecule has 1 aromatic rings. The lowest BCUT2D eigenvalue weighted by molar-refractivity contribution is -0.385. The maximum Gasteiger partial charge on any atom is 0.424 e. The maximum absolute atomic E-state index is 14.5. The first kappa shape index (κ1) is 34.8. The lowest BCUT2D eigenvalue weighted by Gasteiger charge is -2.51. The summed E-state index contributed by atoms with van der Waals surface area (Å²) in [7, 11) is -2.66. The number of unbranched alkanes of at least 4 members (excludes halogenated alkanes) is 1. The van der Waals surface area contributed by atoms with Crippen LogP contribution in [-0.2, 0) is 40.4 Å². The van der Waals surface area contributed by atoms with Crippen LogP contribution in [0.3, 0.4) is 0 Å². The summed E-state index contributed by atoms with van der Waals surface area (Å²) in [6.07, 6.45) is 1.78. The van der Waals surface area contributed by atoms with Crippen molar-refractivity contribution in [3.8, 4) is 5.75 Å². The van der Waals surface area contributed by atoms with E-state index in [0.717, 1.165) is 6.42 Å². The van der Waals surface area contributed by atoms with Gasteiger partial charge in [0.05, 0.1) is 16.5 Å². The standard InChI is InChI=1S/C28H36N4O13S/c1-5-7-9-31(8-6-2)16-12-17(32(39)40)22(33)19-14(16)10-13-11-15-21(30(3)4)24(35)20(27(29)38)26(37)28(15,44-45-46(41,42)43)25(36)18(13)23(19)34/h12-13,15,21,33-34,37H,5-11H2,1-4H3,(H2,29,38)(H,41,42,43)/t13?,15?,21-,28-/m0/s1. The summed E-state index contributed by atoms with van der Waals surface area (Å²) < 4.78 is 36.6. The summed E-state index contributed by atoms with van der Waals surface area (Å²) in [6, 6.07) is -0.237. The SMILES string of the molecule is CCCCN(CCC)c1cc([N+](=O)[O-])c(O)c2c1CC1CC3[C@H](N(C)C)C(=O)C(C(N)=O)=C(O)[C@@]3(OOS(=O)(=O)O)C(=O)C1=C2O. The van der Waals surface area contributed by atoms with E-state index >= 15 is 0 Å². The zero-order chi connectivity index (χ0) is 34.5. The van der Waals surface area contributed by atoms with Gasteiger partial charge in [0.25, 0.3) is 5.91 Å². The Balaban J connectivity index is 2.08. The number of aliphatic hydroxyl groups is 2. The third kappa shape index (κ3) is 5.59. The number of aromatic hydroxyl groups is 1. The number of carbonyl (C=O) groups excluding carboxylic acids is 3. The number of anilines is 1. The average Bonchev–Trinajstić information content (AvgIpc) is 2.94. The van der Waals surface area contributed by atoms with Gasteiger partial charge in [0, 0.05) is 36.3 Å². The van der Waals surface area contributed by atoms with Crippen LogP contribution >= 0.6 is 0 Å². The van der Waals surface area contributed by atoms with E-state index in [-0.39, 0.29) is 18.4 Å². The third-order valence-corrected chi connectivity index (χ3v) is 8.95. The van der Waals surface area contributed by atoms with E-state index in [2.05, 4.69) is 4.33 Å². The molecule has 0 bridgehead atoms. The Labute approximate surface area is 263 Å². The Morgan fingerprint density at radius 2 is 1.83 bits per heavy atom. The molecule has 0 heterocycles. The Kier molecular flexibility index (Phi) is 9.52. The summed E-state index contributed by atoms with van der Waals surface area (Å²) in [5, 5.41) is 46.1. The number of benzene rings is 1. The number of carbonyl (C=O) groups is 3. The van der Waals surface area contributed by atoms with Crippen LogP contribution in [-0.4, -0.2) is 94.4 Å². The van der Waals surface area contributed by atoms with Crippen LogP contribution in [0.25, 0.3) is 5.76 Å². The minimum Gasteiger partial charge on any atom is -0.508 e. The van der Waals surface area contributed by atoms with Gasteiger partial charge in [-0.05, 0) is 51.3 Å². The monoisotopic (exact) mass is 668 g/mol. The van der Waals surface area contributed by atoms with Gasteiger partial charge in [0.2, 0.25) is 17.1 Å². The number of rotatable bonds is 12. The van der Waals surface area contributed by atoms with Gasteiger partial charge in [-0.2, -0.15) is 13.3 Å². The molecule has 0 spiro atoms. The van der Waals surface area contributed by atoms with Crippen LogP contribution in [0, 0.1) is 22.0 Å². The van der Waals surface area contributed by atoms with Crippen molar-refractivity contribution >= 4 is 45.0 Å². The van der Waals surface area contributed by atoms with Gasteiger partial charge in [-0.3, -0.25) is 34.0 Å². The van der Waals surface area contributed by atoms with E-state index in [1.165, 1.54) is 25.1 Å². The van der Waals surface area contributed by atoms with Crippen LogP contribution < -0.4 is 10.6 Å². The van der Waals surface area contributed by atoms with E-state index in [0.29, 0.717) is 31.6 Å². The highest BCUT2D eigenvalue weighted by molar-refractivity contribution is 7.80. The molecule has 2 unspecified atom stereocenters. The lowest BCUT2D eigenvalue weighted by atomic mass is 9.57. The van der Waals surface area contributed by atoms with Gasteiger partial charge in [0.15, 0.2) is 11.5 Å². The fraction of sp³-hybridized carbons (Fsp3) is 0.536. The number of primary amides is 1. The molecule has 0 saturated heterocycles. The van der Waals surface area contributed by atoms with Gasteiger partial charge in [0.1, 0.15) is 11.3 Å². The minimum absolute atomic E-state index is 0.0963. The number of likely N-dealkylation sites (N-methyl/N-ethyl adjacent to an activating group) is 1. The molecule has 252 valence electrons. The second-order valence-electron chi connectivity index (χ2n) is 11.7. The Morgan fingerprint density at radius 3 is 2.35 bits per heavy atom. The van der Waals surface area contributed by atoms with E-state index in [1.807, 2.05) is 18.7 Å². The Morgan fingerprint density at radius 1 is 1.17 bits per heavy atom. The molecule has 4 rings (SSSR count). The zero-order valence-electron chi connectivity index (χ0n) is 25.5. The third-order valence-electron chi connectivity index (χ3n) is 8.71. The highest BCUT2D eigenvalue weighted by Crippen LogP contribution is 2.56. The zero-order valence-corrected chi connectivity index (χ0v) is 26.4. The van der Waals surface area contributed by atoms with Crippen molar-refractivity contribution < 1.29 is 56.8 Å². The van der Waals surface area contributed by atoms with Crippen LogP contribution in [0.1, 0.15) is 50.7 Å². The number of fused-ring (bicyclic) bond motifs is 3. The molecule has 3 aliphatic carbocycles. The predicted octanol–water partition coefficient (Wildman–Crippen LogP) is 1.65. The molecule has 17 nitrogen and oxygen atoms in total. The van der Waals surface area contributed by atoms with Crippen LogP contribution in [0.2, 0.25) is 0 Å². The molecule has 1 saturated carbocycles. The van der Waals surface area contributed by atoms with E-state index in [4.69, 9.17) is 10.6 Å². The lowest BCUT2D eigenvalue weighted by Crippen LogP contribution is -2.66. The van der Waals surface area contributed by atoms with Crippen molar-refractivity contribution in [3.63, 3.8) is 0 Å². The van der Waals surface area contributed by atoms with Crippen molar-refractivity contribution in [2.75, 3.05) is 32.1 Å². The first-order valence-electron chi connectivity index (χ1n) is 14.5. The molecule has 3 aliphatic rings. The molecular formula is C28H36N4O13S. The van der Waals surface area contributed by atoms with Crippen molar-refractivity contribution in [2.24, 2.45) is 17.6 Å². The summed E-state index contributed by atoms with van der Waals surface area (Å²) in [4.78, 5) is 59.7. The van der Waals surface area contributed by atoms with Gasteiger partial charge < -0.3 is 26.0 Å². The number of phenolic OH excluding ortho intramolecular Hbond substituents is 1. The van der Waals surface area contributed by atoms with E-state index < -0.39 is 95.9 Å². The minimum atomic E-state index is -5.48. The largest absolute Gasteiger partial charge is 0.508 e. The van der Waals surface area contributed by atoms with Gasteiger partial charge in [-0.15, -0.1) is 0 Å². The molecule has 0 aromatic heterocycles. The fourth-order valence-electron chi connectivity index (χ4n) is 6.89. The molecule has 18 heteroatoms. The topological polar surface area (TPSA) is 260 Å². The number of Topliss-reactive ketones (excluding diaryl/α,β-unsaturated/α-hetero) is 2. The smallest absolute Gasteiger partial charge is 0.424 e. The molecule has 46 heavy (non-hydrogen) atoms. The summed E-state index contributed by atoms with van der Waals surface area (Å²) >= 11 is 0. The quantitative estimate of drug-likeness (QED) is 0.0697. The number of hydrogen-bond acceptors (Lipinski definition) is 14. The fourth-order valence-corrected chi connectivity index (χ4v) is 7.08. The molecule has 1 fully saturated rings. The Hall–Kier alpha value is -4.10. The summed E-state index contributed by atoms with van der Waals surface area (Å²) in [6.45, 7) is 4.82. The first-order valence-corrected chi connectivity index (χ1v) is 15.9. The maximum atomic E-state index is 14.5. The molecule has 0 radical (unpaired) electrons. The molecular weight excluding hydrogens is 632 g/mol. The van der Waals surface area contributed by atoms with Crippen molar-refractivity contribution in [1.29, 1.82) is 0 Å². The number of amides is 1. The van der Waals surface area contributed by atoms with Crippen molar-refractivity contribution in [2.45, 2.75) is 57.6 Å². The highest BCUT2D eigenvalue weighted by Gasteiger charge is 2.67. The van der Waals surface area contributed by atoms with Crippen molar-refractivity contribution in [1.82, 2.24) is 4.90 Å².